The van der Waals surface area contributed by atoms with E-state index in [-0.39, 0.29) is 18.4 Å². The van der Waals surface area contributed by atoms with Gasteiger partial charge in [-0.2, -0.15) is 11.8 Å². The number of aliphatic carboxylic acids is 1. The number of thioether (sulfide) groups is 1. The predicted octanol–water partition coefficient (Wildman–Crippen LogP) is 0.405. The molecule has 98 valence electrons. The van der Waals surface area contributed by atoms with Crippen molar-refractivity contribution in [2.75, 3.05) is 31.1 Å². The highest BCUT2D eigenvalue weighted by Crippen LogP contribution is 2.18. The number of carboxylic acids is 1. The van der Waals surface area contributed by atoms with Crippen molar-refractivity contribution in [1.29, 1.82) is 0 Å². The summed E-state index contributed by atoms with van der Waals surface area (Å²) < 4.78 is 0. The summed E-state index contributed by atoms with van der Waals surface area (Å²) in [5.74, 6) is 0.968. The largest absolute Gasteiger partial charge is 0.481 e. The Morgan fingerprint density at radius 2 is 2.29 bits per heavy atom. The quantitative estimate of drug-likeness (QED) is 0.723. The van der Waals surface area contributed by atoms with Crippen molar-refractivity contribution in [3.63, 3.8) is 0 Å². The number of amides is 1. The number of hydrogen-bond donors (Lipinski definition) is 2. The topological polar surface area (TPSA) is 69.6 Å². The smallest absolute Gasteiger partial charge is 0.304 e. The van der Waals surface area contributed by atoms with Gasteiger partial charge in [-0.15, -0.1) is 0 Å². The highest BCUT2D eigenvalue weighted by Gasteiger charge is 2.26. The van der Waals surface area contributed by atoms with Gasteiger partial charge in [-0.25, -0.2) is 0 Å². The minimum Gasteiger partial charge on any atom is -0.481 e. The fourth-order valence-electron chi connectivity index (χ4n) is 1.79. The molecule has 1 atom stereocenters. The van der Waals surface area contributed by atoms with E-state index < -0.39 is 5.97 Å². The van der Waals surface area contributed by atoms with Crippen LogP contribution in [0.4, 0.5) is 0 Å². The molecular formula is C11H20N2O3S. The first-order valence-electron chi connectivity index (χ1n) is 5.93. The minimum absolute atomic E-state index is 0.00543. The van der Waals surface area contributed by atoms with Crippen LogP contribution < -0.4 is 5.32 Å². The number of hydrogen-bond acceptors (Lipinski definition) is 4. The molecule has 6 heteroatoms. The van der Waals surface area contributed by atoms with Crippen LogP contribution in [0.1, 0.15) is 19.8 Å². The fourth-order valence-corrected chi connectivity index (χ4v) is 2.92. The molecule has 1 unspecified atom stereocenters. The Kier molecular flexibility index (Phi) is 6.36. The average Bonchev–Trinajstić information content (AvgIpc) is 2.28. The molecule has 1 saturated heterocycles. The van der Waals surface area contributed by atoms with Crippen LogP contribution in [0.3, 0.4) is 0 Å². The molecule has 0 saturated carbocycles. The summed E-state index contributed by atoms with van der Waals surface area (Å²) in [7, 11) is 0. The minimum atomic E-state index is -0.795. The van der Waals surface area contributed by atoms with Gasteiger partial charge in [0.25, 0.3) is 0 Å². The first-order valence-corrected chi connectivity index (χ1v) is 7.09. The Hall–Kier alpha value is -0.750. The van der Waals surface area contributed by atoms with Gasteiger partial charge in [-0.05, 0) is 6.42 Å². The predicted molar refractivity (Wildman–Crippen MR) is 68.2 cm³/mol. The van der Waals surface area contributed by atoms with E-state index in [0.29, 0.717) is 13.1 Å². The van der Waals surface area contributed by atoms with Gasteiger partial charge in [0.2, 0.25) is 5.91 Å². The normalized spacial score (nSPS) is 21.1. The van der Waals surface area contributed by atoms with Crippen LogP contribution in [-0.4, -0.2) is 59.1 Å². The number of carbonyl (C=O) groups is 2. The van der Waals surface area contributed by atoms with Crippen molar-refractivity contribution in [1.82, 2.24) is 10.2 Å². The number of nitrogens with one attached hydrogen (secondary N) is 1. The maximum atomic E-state index is 11.6. The number of carboxylic acid groups (broad SMARTS) is 1. The second-order valence-electron chi connectivity index (χ2n) is 4.15. The SMILES string of the molecule is CCCNC(=O)CN1CCSCC1CC(=O)O. The average molecular weight is 260 g/mol. The lowest BCUT2D eigenvalue weighted by molar-refractivity contribution is -0.138. The molecule has 0 spiro atoms. The van der Waals surface area contributed by atoms with E-state index in [4.69, 9.17) is 5.11 Å². The fraction of sp³-hybridized carbons (Fsp3) is 0.818. The molecule has 1 aliphatic heterocycles. The third-order valence-corrected chi connectivity index (χ3v) is 3.77. The Morgan fingerprint density at radius 1 is 1.53 bits per heavy atom. The molecule has 0 aliphatic carbocycles. The van der Waals surface area contributed by atoms with E-state index in [2.05, 4.69) is 5.32 Å². The summed E-state index contributed by atoms with van der Waals surface area (Å²) in [6.45, 7) is 3.80. The molecule has 17 heavy (non-hydrogen) atoms. The molecule has 5 nitrogen and oxygen atoms in total. The van der Waals surface area contributed by atoms with E-state index in [1.807, 2.05) is 11.8 Å². The second kappa shape index (κ2) is 7.55. The third-order valence-electron chi connectivity index (χ3n) is 2.68. The van der Waals surface area contributed by atoms with Crippen molar-refractivity contribution in [3.8, 4) is 0 Å². The molecule has 0 aromatic heterocycles. The van der Waals surface area contributed by atoms with Gasteiger partial charge in [0.1, 0.15) is 0 Å². The van der Waals surface area contributed by atoms with Crippen molar-refractivity contribution in [2.24, 2.45) is 0 Å². The first kappa shape index (κ1) is 14.3. The summed E-state index contributed by atoms with van der Waals surface area (Å²) in [5.41, 5.74) is 0. The van der Waals surface area contributed by atoms with Crippen LogP contribution in [0.25, 0.3) is 0 Å². The zero-order valence-electron chi connectivity index (χ0n) is 10.1. The first-order chi connectivity index (χ1) is 8.13. The van der Waals surface area contributed by atoms with Crippen LogP contribution >= 0.6 is 11.8 Å². The van der Waals surface area contributed by atoms with Crippen LogP contribution in [0, 0.1) is 0 Å². The summed E-state index contributed by atoms with van der Waals surface area (Å²) in [5, 5.41) is 11.6. The van der Waals surface area contributed by atoms with Gasteiger partial charge < -0.3 is 10.4 Å². The Bertz CT molecular complexity index is 273. The molecule has 0 radical (unpaired) electrons. The second-order valence-corrected chi connectivity index (χ2v) is 5.30. The molecule has 0 bridgehead atoms. The molecule has 2 N–H and O–H groups in total. The lowest BCUT2D eigenvalue weighted by Crippen LogP contribution is -2.48. The molecule has 0 aromatic rings. The zero-order chi connectivity index (χ0) is 12.7. The van der Waals surface area contributed by atoms with Crippen molar-refractivity contribution >= 4 is 23.6 Å². The number of nitrogens with zero attached hydrogens (tertiary/aromatic N) is 1. The van der Waals surface area contributed by atoms with E-state index in [1.165, 1.54) is 0 Å². The molecule has 1 fully saturated rings. The molecule has 0 aromatic carbocycles. The maximum Gasteiger partial charge on any atom is 0.304 e. The number of carbonyl (C=O) groups excluding carboxylic acids is 1. The van der Waals surface area contributed by atoms with E-state index >= 15 is 0 Å². The van der Waals surface area contributed by atoms with E-state index in [0.717, 1.165) is 24.5 Å². The molecular weight excluding hydrogens is 240 g/mol. The monoisotopic (exact) mass is 260 g/mol. The van der Waals surface area contributed by atoms with Crippen molar-refractivity contribution in [2.45, 2.75) is 25.8 Å². The third kappa shape index (κ3) is 5.41. The van der Waals surface area contributed by atoms with Gasteiger partial charge in [0.05, 0.1) is 13.0 Å². The molecule has 1 amide bonds. The Balaban J connectivity index is 2.41. The lowest BCUT2D eigenvalue weighted by Gasteiger charge is -2.33. The Labute approximate surface area is 106 Å². The summed E-state index contributed by atoms with van der Waals surface area (Å²) in [6, 6.07) is -0.0152. The van der Waals surface area contributed by atoms with Crippen molar-refractivity contribution < 1.29 is 14.7 Å². The van der Waals surface area contributed by atoms with Gasteiger partial charge in [0.15, 0.2) is 0 Å². The maximum absolute atomic E-state index is 11.6. The molecule has 1 aliphatic rings. The number of rotatable bonds is 6. The van der Waals surface area contributed by atoms with Gasteiger partial charge in [-0.3, -0.25) is 14.5 Å². The standard InChI is InChI=1S/C11H20N2O3S/c1-2-3-12-10(14)7-13-4-5-17-8-9(13)6-11(15)16/h9H,2-8H2,1H3,(H,12,14)(H,15,16). The van der Waals surface area contributed by atoms with E-state index in [1.54, 1.807) is 11.8 Å². The van der Waals surface area contributed by atoms with Gasteiger partial charge in [0, 0.05) is 30.6 Å². The summed E-state index contributed by atoms with van der Waals surface area (Å²) in [6.07, 6.45) is 1.04. The summed E-state index contributed by atoms with van der Waals surface area (Å²) in [4.78, 5) is 24.3. The van der Waals surface area contributed by atoms with Gasteiger partial charge in [-0.1, -0.05) is 6.92 Å². The van der Waals surface area contributed by atoms with Crippen LogP contribution in [0.5, 0.6) is 0 Å². The lowest BCUT2D eigenvalue weighted by atomic mass is 10.2. The summed E-state index contributed by atoms with van der Waals surface area (Å²) >= 11 is 1.76. The van der Waals surface area contributed by atoms with Crippen LogP contribution in [0.2, 0.25) is 0 Å². The van der Waals surface area contributed by atoms with Crippen LogP contribution in [-0.2, 0) is 9.59 Å². The Morgan fingerprint density at radius 3 is 2.94 bits per heavy atom. The van der Waals surface area contributed by atoms with Gasteiger partial charge >= 0.3 is 5.97 Å². The van der Waals surface area contributed by atoms with Crippen molar-refractivity contribution in [3.05, 3.63) is 0 Å². The molecule has 1 rings (SSSR count). The highest BCUT2D eigenvalue weighted by molar-refractivity contribution is 7.99. The van der Waals surface area contributed by atoms with Crippen LogP contribution in [0.15, 0.2) is 0 Å². The molecule has 1 heterocycles. The van der Waals surface area contributed by atoms with E-state index in [9.17, 15) is 9.59 Å². The zero-order valence-corrected chi connectivity index (χ0v) is 11.0. The highest BCUT2D eigenvalue weighted by atomic mass is 32.2.